The molecule has 0 amide bonds. The lowest BCUT2D eigenvalue weighted by Crippen LogP contribution is -2.45. The predicted octanol–water partition coefficient (Wildman–Crippen LogP) is 14.2. The van der Waals surface area contributed by atoms with Gasteiger partial charge in [-0.25, -0.2) is 0 Å². The molecule has 0 aromatic carbocycles. The molecule has 4 atom stereocenters. The Balaban J connectivity index is 2.00. The van der Waals surface area contributed by atoms with Gasteiger partial charge in [-0.2, -0.15) is 0 Å². The lowest BCUT2D eigenvalue weighted by Gasteiger charge is -2.27. The number of hydrogen-bond acceptors (Lipinski definition) is 7. The fraction of sp³-hybridized carbons (Fsp3) is 0.960. The van der Waals surface area contributed by atoms with E-state index in [0.29, 0.717) is 0 Å². The highest BCUT2D eigenvalue weighted by Crippen LogP contribution is 2.25. The highest BCUT2D eigenvalue weighted by molar-refractivity contribution is 5.70. The first-order valence-electron chi connectivity index (χ1n) is 25.3. The summed E-state index contributed by atoms with van der Waals surface area (Å²) in [5.41, 5.74) is 0. The zero-order valence-electron chi connectivity index (χ0n) is 37.9. The Kier molecular flexibility index (Phi) is 39.2. The maximum atomic E-state index is 12.6. The molecule has 0 unspecified atom stereocenters. The highest BCUT2D eigenvalue weighted by atomic mass is 16.6. The zero-order valence-corrected chi connectivity index (χ0v) is 37.9. The van der Waals surface area contributed by atoms with E-state index in [1.165, 1.54) is 205 Å². The van der Waals surface area contributed by atoms with E-state index in [4.69, 9.17) is 14.2 Å². The van der Waals surface area contributed by atoms with Crippen LogP contribution in [-0.2, 0) is 23.8 Å². The van der Waals surface area contributed by atoms with Crippen molar-refractivity contribution in [3.05, 3.63) is 0 Å². The SMILES string of the molecule is CCCCCCCCCCCCCCCCCCCCCC(=O)O[C@H]1[C@@H]([C@@H](CO)OC(=O)CCCCCCCCCCCCCCCCCCCCC)OC[C@@H]1O. The van der Waals surface area contributed by atoms with Crippen LogP contribution in [0.2, 0.25) is 0 Å². The summed E-state index contributed by atoms with van der Waals surface area (Å²) in [7, 11) is 0. The largest absolute Gasteiger partial charge is 0.457 e. The van der Waals surface area contributed by atoms with Gasteiger partial charge in [0, 0.05) is 12.8 Å². The number of unbranched alkanes of at least 4 members (excludes halogenated alkanes) is 36. The van der Waals surface area contributed by atoms with Crippen molar-refractivity contribution in [3.63, 3.8) is 0 Å². The molecule has 0 radical (unpaired) electrons. The molecule has 1 fully saturated rings. The van der Waals surface area contributed by atoms with E-state index in [1.807, 2.05) is 0 Å². The van der Waals surface area contributed by atoms with Crippen molar-refractivity contribution >= 4 is 11.9 Å². The molecule has 1 aliphatic rings. The fourth-order valence-corrected chi connectivity index (χ4v) is 8.43. The van der Waals surface area contributed by atoms with Gasteiger partial charge < -0.3 is 24.4 Å². The summed E-state index contributed by atoms with van der Waals surface area (Å²) in [5, 5.41) is 20.5. The smallest absolute Gasteiger partial charge is 0.306 e. The Morgan fingerprint density at radius 2 is 0.754 bits per heavy atom. The van der Waals surface area contributed by atoms with Gasteiger partial charge in [0.05, 0.1) is 13.2 Å². The quantitative estimate of drug-likeness (QED) is 0.0467. The lowest BCUT2D eigenvalue weighted by molar-refractivity contribution is -0.171. The number of carbonyl (C=O) groups is 2. The molecule has 0 aromatic rings. The van der Waals surface area contributed by atoms with Crippen LogP contribution >= 0.6 is 0 Å². The number of hydrogen-bond donors (Lipinski definition) is 2. The Hall–Kier alpha value is -1.18. The second-order valence-corrected chi connectivity index (χ2v) is 17.8. The maximum absolute atomic E-state index is 12.6. The van der Waals surface area contributed by atoms with E-state index in [0.717, 1.165) is 38.5 Å². The molecular formula is C50H96O7. The Morgan fingerprint density at radius 3 is 1.05 bits per heavy atom. The molecule has 0 spiro atoms. The van der Waals surface area contributed by atoms with Crippen molar-refractivity contribution in [1.29, 1.82) is 0 Å². The van der Waals surface area contributed by atoms with Gasteiger partial charge in [0.1, 0.15) is 12.2 Å². The van der Waals surface area contributed by atoms with Crippen LogP contribution in [0.25, 0.3) is 0 Å². The van der Waals surface area contributed by atoms with Crippen LogP contribution in [0.3, 0.4) is 0 Å². The average molecular weight is 809 g/mol. The summed E-state index contributed by atoms with van der Waals surface area (Å²) < 4.78 is 16.8. The first kappa shape index (κ1) is 53.8. The topological polar surface area (TPSA) is 102 Å². The minimum atomic E-state index is -1.00. The first-order valence-corrected chi connectivity index (χ1v) is 25.3. The van der Waals surface area contributed by atoms with Gasteiger partial charge in [0.2, 0.25) is 0 Å². The summed E-state index contributed by atoms with van der Waals surface area (Å²) in [6.45, 7) is 4.09. The Labute approximate surface area is 353 Å². The van der Waals surface area contributed by atoms with Gasteiger partial charge in [-0.15, -0.1) is 0 Å². The van der Waals surface area contributed by atoms with Crippen LogP contribution in [-0.4, -0.2) is 59.8 Å². The van der Waals surface area contributed by atoms with Crippen LogP contribution in [0.1, 0.15) is 271 Å². The van der Waals surface area contributed by atoms with Gasteiger partial charge in [0.15, 0.2) is 12.2 Å². The second kappa shape index (κ2) is 41.5. The van der Waals surface area contributed by atoms with Crippen LogP contribution in [0.15, 0.2) is 0 Å². The maximum Gasteiger partial charge on any atom is 0.306 e. The number of rotatable bonds is 44. The molecule has 338 valence electrons. The zero-order chi connectivity index (χ0) is 41.3. The lowest BCUT2D eigenvalue weighted by atomic mass is 10.0. The van der Waals surface area contributed by atoms with Crippen molar-refractivity contribution in [2.24, 2.45) is 0 Å². The number of ether oxygens (including phenoxy) is 3. The van der Waals surface area contributed by atoms with E-state index in [1.54, 1.807) is 0 Å². The molecule has 7 nitrogen and oxygen atoms in total. The van der Waals surface area contributed by atoms with E-state index in [2.05, 4.69) is 13.8 Å². The third-order valence-corrected chi connectivity index (χ3v) is 12.2. The van der Waals surface area contributed by atoms with Gasteiger partial charge in [-0.3, -0.25) is 9.59 Å². The molecule has 1 rings (SSSR count). The number of aliphatic hydroxyl groups is 2. The van der Waals surface area contributed by atoms with Crippen molar-refractivity contribution < 1.29 is 34.0 Å². The standard InChI is InChI=1S/C50H96O7/c1-3-5-7-9-11-13-15-17-19-21-23-25-27-29-31-33-35-37-39-41-47(53)56-46(43-51)50-49(45(52)44-55-50)57-48(54)42-40-38-36-34-32-30-28-26-24-22-20-18-16-14-12-10-8-6-4-2/h45-46,49-52H,3-44H2,1-2H3/t45-,46+,49+,50+/m0/s1. The van der Waals surface area contributed by atoms with Gasteiger partial charge >= 0.3 is 11.9 Å². The molecule has 0 saturated carbocycles. The average Bonchev–Trinajstić information content (AvgIpc) is 3.57. The molecule has 1 aliphatic heterocycles. The molecule has 1 saturated heterocycles. The minimum absolute atomic E-state index is 0.0186. The molecule has 2 N–H and O–H groups in total. The Bertz CT molecular complexity index is 866. The molecule has 1 heterocycles. The molecule has 0 aromatic heterocycles. The van der Waals surface area contributed by atoms with Crippen molar-refractivity contribution in [1.82, 2.24) is 0 Å². The van der Waals surface area contributed by atoms with Crippen LogP contribution in [0.5, 0.6) is 0 Å². The van der Waals surface area contributed by atoms with Crippen molar-refractivity contribution in [3.8, 4) is 0 Å². The molecule has 0 bridgehead atoms. The summed E-state index contributed by atoms with van der Waals surface area (Å²) in [5.74, 6) is -0.760. The van der Waals surface area contributed by atoms with Gasteiger partial charge in [-0.05, 0) is 12.8 Å². The van der Waals surface area contributed by atoms with Crippen LogP contribution < -0.4 is 0 Å². The summed E-state index contributed by atoms with van der Waals surface area (Å²) in [6.07, 6.45) is 46.3. The van der Waals surface area contributed by atoms with E-state index >= 15 is 0 Å². The molecular weight excluding hydrogens is 713 g/mol. The molecule has 7 heteroatoms. The number of aliphatic hydroxyl groups excluding tert-OH is 2. The first-order chi connectivity index (χ1) is 28.0. The fourth-order valence-electron chi connectivity index (χ4n) is 8.43. The summed E-state index contributed by atoms with van der Waals surface area (Å²) in [4.78, 5) is 25.2. The van der Waals surface area contributed by atoms with Crippen LogP contribution in [0.4, 0.5) is 0 Å². The van der Waals surface area contributed by atoms with Crippen molar-refractivity contribution in [2.45, 2.75) is 295 Å². The number of esters is 2. The van der Waals surface area contributed by atoms with Crippen LogP contribution in [0, 0.1) is 0 Å². The van der Waals surface area contributed by atoms with Gasteiger partial charge in [-0.1, -0.05) is 245 Å². The third kappa shape index (κ3) is 33.3. The predicted molar refractivity (Wildman–Crippen MR) is 239 cm³/mol. The highest BCUT2D eigenvalue weighted by Gasteiger charge is 2.45. The molecule has 0 aliphatic carbocycles. The van der Waals surface area contributed by atoms with E-state index in [-0.39, 0.29) is 31.4 Å². The third-order valence-electron chi connectivity index (χ3n) is 12.2. The summed E-state index contributed by atoms with van der Waals surface area (Å²) >= 11 is 0. The Morgan fingerprint density at radius 1 is 0.474 bits per heavy atom. The van der Waals surface area contributed by atoms with Gasteiger partial charge in [0.25, 0.3) is 0 Å². The molecule has 57 heavy (non-hydrogen) atoms. The monoisotopic (exact) mass is 809 g/mol. The summed E-state index contributed by atoms with van der Waals surface area (Å²) in [6, 6.07) is 0. The van der Waals surface area contributed by atoms with E-state index < -0.39 is 31.0 Å². The normalized spacial score (nSPS) is 17.3. The second-order valence-electron chi connectivity index (χ2n) is 17.8. The van der Waals surface area contributed by atoms with Crippen molar-refractivity contribution in [2.75, 3.05) is 13.2 Å². The van der Waals surface area contributed by atoms with E-state index in [9.17, 15) is 19.8 Å². The number of carbonyl (C=O) groups excluding carboxylic acids is 2. The minimum Gasteiger partial charge on any atom is -0.457 e.